The Hall–Kier alpha value is -2.08. The molecule has 1 aromatic carbocycles. The molecule has 1 N–H and O–H groups in total. The van der Waals surface area contributed by atoms with Crippen molar-refractivity contribution in [2.24, 2.45) is 5.41 Å². The second-order valence-corrected chi connectivity index (χ2v) is 9.38. The van der Waals surface area contributed by atoms with Crippen LogP contribution in [0.15, 0.2) is 40.0 Å². The Kier molecular flexibility index (Phi) is 4.97. The van der Waals surface area contributed by atoms with E-state index in [1.54, 1.807) is 0 Å². The van der Waals surface area contributed by atoms with Gasteiger partial charge in [0, 0.05) is 10.9 Å². The normalized spacial score (nSPS) is 12.7. The maximum absolute atomic E-state index is 12.4. The number of para-hydroxylation sites is 1. The summed E-state index contributed by atoms with van der Waals surface area (Å²) in [7, 11) is 0. The van der Waals surface area contributed by atoms with Crippen molar-refractivity contribution in [3.8, 4) is 0 Å². The molecule has 6 heteroatoms. The molecule has 0 atom stereocenters. The molecule has 138 valence electrons. The van der Waals surface area contributed by atoms with Gasteiger partial charge in [-0.05, 0) is 37.8 Å². The largest absolute Gasteiger partial charge is 0.451 e. The number of hydrogen-bond donors (Lipinski definition) is 1. The summed E-state index contributed by atoms with van der Waals surface area (Å²) in [6.07, 6.45) is 2.42. The van der Waals surface area contributed by atoms with Crippen LogP contribution in [0.2, 0.25) is 0 Å². The Labute approximate surface area is 158 Å². The molecule has 0 spiro atoms. The monoisotopic (exact) mass is 371 g/mol. The number of rotatable bonds is 5. The third-order valence-electron chi connectivity index (χ3n) is 3.92. The molecular formula is C20H25N3O2S. The van der Waals surface area contributed by atoms with Crippen molar-refractivity contribution < 1.29 is 9.21 Å². The van der Waals surface area contributed by atoms with Gasteiger partial charge in [0.05, 0.1) is 5.75 Å². The Balaban J connectivity index is 1.73. The third kappa shape index (κ3) is 4.36. The highest BCUT2D eigenvalue weighted by Gasteiger charge is 2.27. The minimum atomic E-state index is -0.254. The molecule has 0 aliphatic carbocycles. The number of fused-ring (bicyclic) bond motifs is 3. The predicted molar refractivity (Wildman–Crippen MR) is 106 cm³/mol. The number of amides is 1. The van der Waals surface area contributed by atoms with E-state index in [1.807, 2.05) is 24.3 Å². The van der Waals surface area contributed by atoms with Crippen molar-refractivity contribution >= 4 is 39.7 Å². The Morgan fingerprint density at radius 3 is 2.62 bits per heavy atom. The number of carbonyl (C=O) groups excluding carboxylic acids is 1. The second-order valence-electron chi connectivity index (χ2n) is 8.41. The Morgan fingerprint density at radius 1 is 1.15 bits per heavy atom. The molecule has 0 aliphatic heterocycles. The minimum absolute atomic E-state index is 0.00729. The zero-order valence-electron chi connectivity index (χ0n) is 15.9. The van der Waals surface area contributed by atoms with Crippen molar-refractivity contribution in [1.29, 1.82) is 0 Å². The van der Waals surface area contributed by atoms with Crippen LogP contribution in [0.4, 0.5) is 0 Å². The van der Waals surface area contributed by atoms with Gasteiger partial charge in [-0.15, -0.1) is 0 Å². The number of nitrogens with zero attached hydrogens (tertiary/aromatic N) is 2. The van der Waals surface area contributed by atoms with Gasteiger partial charge in [-0.1, -0.05) is 44.7 Å². The first kappa shape index (κ1) is 18.7. The maximum atomic E-state index is 12.4. The highest BCUT2D eigenvalue weighted by Crippen LogP contribution is 2.32. The van der Waals surface area contributed by atoms with E-state index in [0.29, 0.717) is 10.6 Å². The molecule has 3 rings (SSSR count). The number of furan rings is 1. The van der Waals surface area contributed by atoms with Crippen LogP contribution >= 0.6 is 11.8 Å². The van der Waals surface area contributed by atoms with Gasteiger partial charge in [0.25, 0.3) is 0 Å². The van der Waals surface area contributed by atoms with E-state index in [-0.39, 0.29) is 22.6 Å². The van der Waals surface area contributed by atoms with Crippen LogP contribution in [0.3, 0.4) is 0 Å². The highest BCUT2D eigenvalue weighted by atomic mass is 32.2. The van der Waals surface area contributed by atoms with Crippen LogP contribution in [0.25, 0.3) is 22.1 Å². The molecule has 0 unspecified atom stereocenters. The lowest BCUT2D eigenvalue weighted by molar-refractivity contribution is -0.120. The quantitative estimate of drug-likeness (QED) is 0.515. The van der Waals surface area contributed by atoms with Crippen LogP contribution in [0.5, 0.6) is 0 Å². The topological polar surface area (TPSA) is 68.0 Å². The first-order chi connectivity index (χ1) is 12.1. The van der Waals surface area contributed by atoms with Crippen molar-refractivity contribution in [1.82, 2.24) is 15.3 Å². The van der Waals surface area contributed by atoms with Crippen LogP contribution in [-0.4, -0.2) is 27.2 Å². The summed E-state index contributed by atoms with van der Waals surface area (Å²) >= 11 is 1.38. The van der Waals surface area contributed by atoms with Gasteiger partial charge in [0.15, 0.2) is 5.58 Å². The highest BCUT2D eigenvalue weighted by molar-refractivity contribution is 8.00. The maximum Gasteiger partial charge on any atom is 0.230 e. The lowest BCUT2D eigenvalue weighted by atomic mass is 9.82. The molecule has 2 heterocycles. The zero-order chi connectivity index (χ0) is 18.9. The number of benzene rings is 1. The van der Waals surface area contributed by atoms with E-state index >= 15 is 0 Å². The van der Waals surface area contributed by atoms with Gasteiger partial charge in [-0.3, -0.25) is 4.79 Å². The van der Waals surface area contributed by atoms with Gasteiger partial charge >= 0.3 is 0 Å². The fourth-order valence-corrected chi connectivity index (χ4v) is 4.25. The van der Waals surface area contributed by atoms with Crippen LogP contribution < -0.4 is 5.32 Å². The number of hydrogen-bond acceptors (Lipinski definition) is 5. The van der Waals surface area contributed by atoms with E-state index in [9.17, 15) is 4.79 Å². The summed E-state index contributed by atoms with van der Waals surface area (Å²) < 4.78 is 5.91. The predicted octanol–water partition coefficient (Wildman–Crippen LogP) is 4.80. The fourth-order valence-electron chi connectivity index (χ4n) is 3.52. The fraction of sp³-hybridized carbons (Fsp3) is 0.450. The average molecular weight is 372 g/mol. The van der Waals surface area contributed by atoms with Gasteiger partial charge in [0.2, 0.25) is 5.91 Å². The molecule has 2 aromatic heterocycles. The molecule has 0 fully saturated rings. The Bertz CT molecular complexity index is 941. The zero-order valence-corrected chi connectivity index (χ0v) is 16.7. The van der Waals surface area contributed by atoms with Crippen molar-refractivity contribution in [3.05, 3.63) is 30.6 Å². The lowest BCUT2D eigenvalue weighted by Crippen LogP contribution is -2.46. The van der Waals surface area contributed by atoms with E-state index in [2.05, 4.69) is 49.9 Å². The molecule has 5 nitrogen and oxygen atoms in total. The molecule has 0 aliphatic rings. The molecule has 3 aromatic rings. The average Bonchev–Trinajstić information content (AvgIpc) is 2.89. The molecule has 0 saturated heterocycles. The SMILES string of the molecule is CC(C)(C)CC(C)(C)NC(=O)CSc1ncnc2c1oc1ccccc12. The molecular weight excluding hydrogens is 346 g/mol. The summed E-state index contributed by atoms with van der Waals surface area (Å²) in [6.45, 7) is 10.6. The first-order valence-corrected chi connectivity index (χ1v) is 9.69. The summed E-state index contributed by atoms with van der Waals surface area (Å²) in [5, 5.41) is 4.77. The summed E-state index contributed by atoms with van der Waals surface area (Å²) in [5.74, 6) is 0.281. The van der Waals surface area contributed by atoms with E-state index in [4.69, 9.17) is 4.42 Å². The molecule has 26 heavy (non-hydrogen) atoms. The van der Waals surface area contributed by atoms with Gasteiger partial charge < -0.3 is 9.73 Å². The van der Waals surface area contributed by atoms with Gasteiger partial charge in [-0.2, -0.15) is 0 Å². The van der Waals surface area contributed by atoms with Crippen molar-refractivity contribution in [2.45, 2.75) is 51.6 Å². The van der Waals surface area contributed by atoms with Crippen LogP contribution in [-0.2, 0) is 4.79 Å². The lowest BCUT2D eigenvalue weighted by Gasteiger charge is -2.33. The summed E-state index contributed by atoms with van der Waals surface area (Å²) in [5.41, 5.74) is 2.10. The van der Waals surface area contributed by atoms with E-state index in [0.717, 1.165) is 22.9 Å². The molecule has 1 amide bonds. The number of thioether (sulfide) groups is 1. The van der Waals surface area contributed by atoms with Crippen LogP contribution in [0.1, 0.15) is 41.0 Å². The van der Waals surface area contributed by atoms with E-state index in [1.165, 1.54) is 18.1 Å². The Morgan fingerprint density at radius 2 is 1.88 bits per heavy atom. The minimum Gasteiger partial charge on any atom is -0.451 e. The molecule has 0 saturated carbocycles. The van der Waals surface area contributed by atoms with Crippen molar-refractivity contribution in [3.63, 3.8) is 0 Å². The van der Waals surface area contributed by atoms with Crippen molar-refractivity contribution in [2.75, 3.05) is 5.75 Å². The summed E-state index contributed by atoms with van der Waals surface area (Å²) in [4.78, 5) is 21.1. The van der Waals surface area contributed by atoms with Gasteiger partial charge in [0.1, 0.15) is 22.5 Å². The van der Waals surface area contributed by atoms with E-state index < -0.39 is 0 Å². The molecule has 0 bridgehead atoms. The second kappa shape index (κ2) is 6.91. The smallest absolute Gasteiger partial charge is 0.230 e. The summed E-state index contributed by atoms with van der Waals surface area (Å²) in [6, 6.07) is 7.77. The van der Waals surface area contributed by atoms with Crippen LogP contribution in [0, 0.1) is 5.41 Å². The standard InChI is InChI=1S/C20H25N3O2S/c1-19(2,3)11-20(4,5)23-15(24)10-26-18-17-16(21-12-22-18)13-8-6-7-9-14(13)25-17/h6-9,12H,10-11H2,1-5H3,(H,23,24). The number of nitrogens with one attached hydrogen (secondary N) is 1. The number of aromatic nitrogens is 2. The van der Waals surface area contributed by atoms with Gasteiger partial charge in [-0.25, -0.2) is 9.97 Å². The third-order valence-corrected chi connectivity index (χ3v) is 4.89. The first-order valence-electron chi connectivity index (χ1n) is 8.71. The molecule has 0 radical (unpaired) electrons. The number of carbonyl (C=O) groups is 1.